The number of hydrogen-bond acceptors (Lipinski definition) is 8. The summed E-state index contributed by atoms with van der Waals surface area (Å²) in [6, 6.07) is 44.3. The van der Waals surface area contributed by atoms with E-state index in [9.17, 15) is 0 Å². The molecule has 0 aliphatic heterocycles. The van der Waals surface area contributed by atoms with Crippen LogP contribution < -0.4 is 0 Å². The average Bonchev–Trinajstić information content (AvgIpc) is 1.88. The quantitative estimate of drug-likeness (QED) is 0.161. The Morgan fingerprint density at radius 1 is 0.245 bits per heavy atom. The lowest BCUT2D eigenvalue weighted by atomic mass is 10.1. The number of fused-ring (bicyclic) bond motifs is 1. The molecule has 8 nitrogen and oxygen atoms in total. The van der Waals surface area contributed by atoms with E-state index in [1.54, 1.807) is 61.0 Å². The molecule has 0 saturated carbocycles. The molecule has 1 N–H and O–H groups in total. The zero-order valence-electron chi connectivity index (χ0n) is 72.6. The molecule has 0 spiro atoms. The van der Waals surface area contributed by atoms with Gasteiger partial charge in [0, 0.05) is 49.6 Å². The molecule has 0 aliphatic carbocycles. The predicted molar refractivity (Wildman–Crippen MR) is 478 cm³/mol. The molecule has 9 aromatic rings. The second kappa shape index (κ2) is 244. The lowest BCUT2D eigenvalue weighted by Gasteiger charge is -1.94. The van der Waals surface area contributed by atoms with Gasteiger partial charge in [-0.1, -0.05) is 416 Å². The van der Waals surface area contributed by atoms with Gasteiger partial charge in [0.2, 0.25) is 0 Å². The van der Waals surface area contributed by atoms with Crippen LogP contribution in [-0.4, -0.2) is 34.9 Å². The summed E-state index contributed by atoms with van der Waals surface area (Å²) in [5, 5.41) is 6.70. The molecule has 9 rings (SSSR count). The molecule has 0 bridgehead atoms. The smallest absolute Gasteiger partial charge is 0.129 e. The Morgan fingerprint density at radius 3 is 0.582 bits per heavy atom. The Hall–Kier alpha value is -6.58. The Kier molecular flexibility index (Phi) is 398. The molecule has 0 aliphatic rings. The summed E-state index contributed by atoms with van der Waals surface area (Å²) in [5.74, 6) is 2.38. The molecule has 588 valence electrons. The minimum atomic E-state index is 0. The highest BCUT2D eigenvalue weighted by Crippen LogP contribution is 2.11. The molecule has 6 aromatic heterocycles. The lowest BCUT2D eigenvalue weighted by Crippen LogP contribution is -1.97. The van der Waals surface area contributed by atoms with Crippen LogP contribution in [0.4, 0.5) is 0 Å². The van der Waals surface area contributed by atoms with Gasteiger partial charge in [0.05, 0.1) is 12.5 Å². The van der Waals surface area contributed by atoms with Gasteiger partial charge in [-0.2, -0.15) is 11.3 Å². The fourth-order valence-corrected chi connectivity index (χ4v) is 4.20. The van der Waals surface area contributed by atoms with Crippen LogP contribution >= 0.6 is 11.3 Å². The summed E-state index contributed by atoms with van der Waals surface area (Å²) >= 11 is 1.71. The third-order valence-electron chi connectivity index (χ3n) is 5.96. The molecule has 0 amide bonds. The highest BCUT2D eigenvalue weighted by Gasteiger charge is 1.92. The van der Waals surface area contributed by atoms with Crippen LogP contribution in [0.15, 0.2) is 211 Å². The van der Waals surface area contributed by atoms with Gasteiger partial charge in [-0.15, -0.1) is 0 Å². The average molecular weight is 1400 g/mol. The standard InChI is InChI=1S/C10H8.C7H8.C6H9N3.C5H5N.C4H4N2.C4H5N.C4H4O.C4H4S.21C2H6.3CH4/c1-2-6-10-8-4-3-7-9(10)5-1;1-7-5-3-2-4-6-7;1-4-7-5(2)9-6(3)8-4;1-2-4-6-5-3-1;1-2-6-4-3-5-1;3*1-2-4-5-3-1;21*1-2;;;/h1-8H;2-6H,1H3;1-3H3;1-5H;1-4H;1-5H;2*1-4H;21*1-2H3;3*1H4. The van der Waals surface area contributed by atoms with E-state index in [1.165, 1.54) is 16.3 Å². The SMILES string of the molecule is C.C.C.CC.CC.CC.CC.CC.CC.CC.CC.CC.CC.CC.CC.CC.CC.CC.CC.CC.CC.CC.CC.CC.Cc1ccccc1.Cc1nc(C)nc(C)n1.c1cc[nH]c1.c1ccc2ccccc2c1.c1ccncc1.c1ccoc1.c1ccsc1.c1cnccn1. The Balaban J connectivity index is -0.0000000291. The van der Waals surface area contributed by atoms with E-state index in [4.69, 9.17) is 0 Å². The van der Waals surface area contributed by atoms with Crippen molar-refractivity contribution >= 4 is 22.1 Å². The maximum absolute atomic E-state index is 4.58. The van der Waals surface area contributed by atoms with Gasteiger partial charge in [-0.3, -0.25) is 15.0 Å². The monoisotopic (exact) mass is 1400 g/mol. The number of benzene rings is 3. The molecule has 0 atom stereocenters. The van der Waals surface area contributed by atoms with Gasteiger partial charge >= 0.3 is 0 Å². The third-order valence-corrected chi connectivity index (χ3v) is 6.59. The Bertz CT molecular complexity index is 1700. The molecule has 98 heavy (non-hydrogen) atoms. The van der Waals surface area contributed by atoms with Crippen molar-refractivity contribution in [2.45, 2.75) is 341 Å². The molecule has 3 aromatic carbocycles. The number of furan rings is 1. The largest absolute Gasteiger partial charge is 0.473 e. The predicted octanol–water partition coefficient (Wildman–Crippen LogP) is 34.7. The number of aromatic nitrogens is 7. The molecule has 0 saturated heterocycles. The van der Waals surface area contributed by atoms with Crippen LogP contribution in [0.25, 0.3) is 10.8 Å². The molecular formula is C89H185N7OS. The Labute approximate surface area is 628 Å². The number of aryl methyl sites for hydroxylation is 4. The number of nitrogens with one attached hydrogen (secondary N) is 1. The summed E-state index contributed by atoms with van der Waals surface area (Å²) < 4.78 is 4.58. The summed E-state index contributed by atoms with van der Waals surface area (Å²) in [7, 11) is 0. The summed E-state index contributed by atoms with van der Waals surface area (Å²) in [4.78, 5) is 26.1. The lowest BCUT2D eigenvalue weighted by molar-refractivity contribution is 0.567. The zero-order valence-corrected chi connectivity index (χ0v) is 73.4. The topological polar surface area (TPSA) is 106 Å². The van der Waals surface area contributed by atoms with Crippen molar-refractivity contribution in [2.75, 3.05) is 0 Å². The highest BCUT2D eigenvalue weighted by atomic mass is 32.1. The van der Waals surface area contributed by atoms with E-state index in [0.717, 1.165) is 17.5 Å². The van der Waals surface area contributed by atoms with Gasteiger partial charge in [0.25, 0.3) is 0 Å². The van der Waals surface area contributed by atoms with Gasteiger partial charge in [0.15, 0.2) is 0 Å². The second-order valence-corrected chi connectivity index (χ2v) is 11.2. The fourth-order valence-electron chi connectivity index (χ4n) is 3.74. The van der Waals surface area contributed by atoms with E-state index in [0.29, 0.717) is 0 Å². The van der Waals surface area contributed by atoms with Crippen LogP contribution in [0.5, 0.6) is 0 Å². The van der Waals surface area contributed by atoms with Crippen molar-refractivity contribution in [2.24, 2.45) is 0 Å². The number of thiophene rings is 1. The first kappa shape index (κ1) is 160. The number of nitrogens with zero attached hydrogens (tertiary/aromatic N) is 6. The molecule has 0 radical (unpaired) electrons. The fraction of sp³-hybridized carbons (Fsp3) is 0.551. The number of hydrogen-bond donors (Lipinski definition) is 1. The van der Waals surface area contributed by atoms with Crippen LogP contribution in [0, 0.1) is 27.7 Å². The van der Waals surface area contributed by atoms with E-state index in [2.05, 4.69) is 107 Å². The molecule has 9 heteroatoms. The third kappa shape index (κ3) is 205. The molecular weight excluding hydrogens is 1220 g/mol. The first-order valence-electron chi connectivity index (χ1n) is 37.7. The van der Waals surface area contributed by atoms with Crippen molar-refractivity contribution < 1.29 is 4.42 Å². The van der Waals surface area contributed by atoms with Crippen LogP contribution in [0.1, 0.15) is 336 Å². The number of rotatable bonds is 0. The second-order valence-electron chi connectivity index (χ2n) is 10.4. The van der Waals surface area contributed by atoms with Crippen LogP contribution in [0.2, 0.25) is 0 Å². The van der Waals surface area contributed by atoms with E-state index >= 15 is 0 Å². The van der Waals surface area contributed by atoms with Crippen molar-refractivity contribution in [3.63, 3.8) is 0 Å². The maximum atomic E-state index is 4.58. The summed E-state index contributed by atoms with van der Waals surface area (Å²) in [6.07, 6.45) is 17.1. The van der Waals surface area contributed by atoms with Gasteiger partial charge < -0.3 is 9.40 Å². The Morgan fingerprint density at radius 2 is 0.459 bits per heavy atom. The first-order valence-corrected chi connectivity index (χ1v) is 38.7. The molecule has 6 heterocycles. The normalized spacial score (nSPS) is 6.02. The zero-order chi connectivity index (χ0) is 79.9. The number of H-pyrrole nitrogens is 1. The highest BCUT2D eigenvalue weighted by molar-refractivity contribution is 7.07. The van der Waals surface area contributed by atoms with Gasteiger partial charge in [-0.25, -0.2) is 15.0 Å². The first-order chi connectivity index (χ1) is 47.0. The van der Waals surface area contributed by atoms with Crippen LogP contribution in [-0.2, 0) is 0 Å². The van der Waals surface area contributed by atoms with Crippen molar-refractivity contribution in [3.8, 4) is 0 Å². The van der Waals surface area contributed by atoms with Gasteiger partial charge in [-0.05, 0) is 85.6 Å². The number of pyridine rings is 1. The summed E-state index contributed by atoms with van der Waals surface area (Å²) in [6.45, 7) is 91.7. The molecule has 0 unspecified atom stereocenters. The minimum Gasteiger partial charge on any atom is -0.473 e. The van der Waals surface area contributed by atoms with E-state index in [1.807, 2.05) is 408 Å². The minimum absolute atomic E-state index is 0. The summed E-state index contributed by atoms with van der Waals surface area (Å²) in [5.41, 5.74) is 1.32. The number of aromatic amines is 1. The van der Waals surface area contributed by atoms with Crippen molar-refractivity contribution in [1.82, 2.24) is 34.9 Å². The van der Waals surface area contributed by atoms with Crippen LogP contribution in [0.3, 0.4) is 0 Å². The van der Waals surface area contributed by atoms with E-state index < -0.39 is 0 Å². The van der Waals surface area contributed by atoms with Gasteiger partial charge in [0.1, 0.15) is 17.5 Å². The maximum Gasteiger partial charge on any atom is 0.129 e. The van der Waals surface area contributed by atoms with Crippen molar-refractivity contribution in [3.05, 3.63) is 229 Å². The molecule has 0 fully saturated rings. The van der Waals surface area contributed by atoms with Crippen molar-refractivity contribution in [1.29, 1.82) is 0 Å². The van der Waals surface area contributed by atoms with E-state index in [-0.39, 0.29) is 22.3 Å².